The first-order chi connectivity index (χ1) is 11.6. The number of benzene rings is 2. The lowest BCUT2D eigenvalue weighted by Gasteiger charge is -2.40. The minimum Gasteiger partial charge on any atom is -0.365 e. The first kappa shape index (κ1) is 15.4. The maximum absolute atomic E-state index is 14.0. The topological polar surface area (TPSA) is 35.6 Å². The van der Waals surface area contributed by atoms with E-state index < -0.39 is 5.82 Å². The van der Waals surface area contributed by atoms with Crippen LogP contribution in [0.1, 0.15) is 12.8 Å². The van der Waals surface area contributed by atoms with Gasteiger partial charge in [0.15, 0.2) is 0 Å². The van der Waals surface area contributed by atoms with Gasteiger partial charge < -0.3 is 10.2 Å². The number of carbonyl (C=O) groups excluding carboxylic acids is 1. The predicted octanol–water partition coefficient (Wildman–Crippen LogP) is 4.61. The van der Waals surface area contributed by atoms with Crippen molar-refractivity contribution in [1.29, 1.82) is 0 Å². The average molecular weight is 390 g/mol. The molecule has 1 atom stereocenters. The summed E-state index contributed by atoms with van der Waals surface area (Å²) < 4.78 is 14.7. The average Bonchev–Trinajstić information content (AvgIpc) is 3.05. The maximum Gasteiger partial charge on any atom is 0.326 e. The number of nitrogens with one attached hydrogen (secondary N) is 1. The zero-order chi connectivity index (χ0) is 16.7. The van der Waals surface area contributed by atoms with Crippen molar-refractivity contribution in [1.82, 2.24) is 0 Å². The number of nitrogens with zero attached hydrogens (tertiary/aromatic N) is 2. The molecule has 0 bridgehead atoms. The molecule has 2 aromatic rings. The predicted molar refractivity (Wildman–Crippen MR) is 97.3 cm³/mol. The number of para-hydroxylation sites is 2. The lowest BCUT2D eigenvalue weighted by Crippen LogP contribution is -2.49. The molecule has 6 heteroatoms. The van der Waals surface area contributed by atoms with Crippen molar-refractivity contribution in [2.45, 2.75) is 18.9 Å². The lowest BCUT2D eigenvalue weighted by atomic mass is 10.1. The van der Waals surface area contributed by atoms with Gasteiger partial charge in [-0.25, -0.2) is 9.18 Å². The number of carbonyl (C=O) groups is 1. The van der Waals surface area contributed by atoms with Crippen LogP contribution in [0.25, 0.3) is 0 Å². The first-order valence-corrected chi connectivity index (χ1v) is 8.82. The van der Waals surface area contributed by atoms with Crippen LogP contribution in [0, 0.1) is 5.82 Å². The zero-order valence-corrected chi connectivity index (χ0v) is 14.6. The summed E-state index contributed by atoms with van der Waals surface area (Å²) >= 11 is 3.22. The van der Waals surface area contributed by atoms with Gasteiger partial charge in [0.1, 0.15) is 5.82 Å². The van der Waals surface area contributed by atoms with E-state index in [-0.39, 0.29) is 11.7 Å². The molecule has 1 N–H and O–H groups in total. The molecule has 4 rings (SSSR count). The zero-order valence-electron chi connectivity index (χ0n) is 13.0. The van der Waals surface area contributed by atoms with Gasteiger partial charge >= 0.3 is 6.03 Å². The van der Waals surface area contributed by atoms with E-state index in [1.807, 2.05) is 24.3 Å². The van der Waals surface area contributed by atoms with E-state index in [1.165, 1.54) is 6.07 Å². The number of fused-ring (bicyclic) bond motifs is 3. The summed E-state index contributed by atoms with van der Waals surface area (Å²) in [5.74, 6) is -0.453. The molecule has 2 aliphatic heterocycles. The summed E-state index contributed by atoms with van der Waals surface area (Å²) in [4.78, 5) is 16.9. The van der Waals surface area contributed by atoms with Gasteiger partial charge in [-0.15, -0.1) is 0 Å². The molecule has 2 heterocycles. The smallest absolute Gasteiger partial charge is 0.326 e. The Hall–Kier alpha value is -2.08. The second-order valence-corrected chi connectivity index (χ2v) is 7.06. The number of rotatable bonds is 1. The SMILES string of the molecule is O=C(Nc1ccc(Br)cc1F)N1CC2CCCN2c2ccccc21. The van der Waals surface area contributed by atoms with Crippen LogP contribution in [-0.4, -0.2) is 25.2 Å². The van der Waals surface area contributed by atoms with Crippen LogP contribution in [0.4, 0.5) is 26.2 Å². The van der Waals surface area contributed by atoms with Crippen molar-refractivity contribution in [2.75, 3.05) is 28.2 Å². The highest BCUT2D eigenvalue weighted by Crippen LogP contribution is 2.39. The van der Waals surface area contributed by atoms with Crippen molar-refractivity contribution >= 4 is 39.0 Å². The van der Waals surface area contributed by atoms with Crippen LogP contribution in [0.3, 0.4) is 0 Å². The molecular formula is C18H17BrFN3O. The molecule has 4 nitrogen and oxygen atoms in total. The van der Waals surface area contributed by atoms with E-state index in [4.69, 9.17) is 0 Å². The van der Waals surface area contributed by atoms with Crippen LogP contribution in [0.15, 0.2) is 46.9 Å². The van der Waals surface area contributed by atoms with E-state index in [0.717, 1.165) is 30.8 Å². The van der Waals surface area contributed by atoms with Crippen LogP contribution < -0.4 is 15.1 Å². The third-order valence-electron chi connectivity index (χ3n) is 4.67. The molecule has 1 fully saturated rings. The molecule has 1 saturated heterocycles. The number of anilines is 3. The molecule has 0 radical (unpaired) electrons. The molecule has 0 saturated carbocycles. The summed E-state index contributed by atoms with van der Waals surface area (Å²) in [5.41, 5.74) is 2.15. The van der Waals surface area contributed by atoms with Crippen molar-refractivity contribution < 1.29 is 9.18 Å². The van der Waals surface area contributed by atoms with E-state index in [2.05, 4.69) is 26.1 Å². The lowest BCUT2D eigenvalue weighted by molar-refractivity contribution is 0.256. The third-order valence-corrected chi connectivity index (χ3v) is 5.16. The normalized spacial score (nSPS) is 19.0. The molecule has 1 unspecified atom stereocenters. The Labute approximate surface area is 148 Å². The molecule has 124 valence electrons. The van der Waals surface area contributed by atoms with Gasteiger partial charge in [0, 0.05) is 23.6 Å². The largest absolute Gasteiger partial charge is 0.365 e. The van der Waals surface area contributed by atoms with E-state index in [9.17, 15) is 9.18 Å². The van der Waals surface area contributed by atoms with Crippen LogP contribution >= 0.6 is 15.9 Å². The summed E-state index contributed by atoms with van der Waals surface area (Å²) in [6.45, 7) is 1.65. The van der Waals surface area contributed by atoms with Gasteiger partial charge in [0.2, 0.25) is 0 Å². The third kappa shape index (κ3) is 2.65. The van der Waals surface area contributed by atoms with Gasteiger partial charge in [0.05, 0.1) is 17.1 Å². The Balaban J connectivity index is 1.63. The van der Waals surface area contributed by atoms with E-state index >= 15 is 0 Å². The second kappa shape index (κ2) is 6.09. The number of hydrogen-bond donors (Lipinski definition) is 1. The monoisotopic (exact) mass is 389 g/mol. The van der Waals surface area contributed by atoms with Crippen LogP contribution in [0.5, 0.6) is 0 Å². The van der Waals surface area contributed by atoms with Crippen LogP contribution in [-0.2, 0) is 0 Å². The maximum atomic E-state index is 14.0. The Kier molecular flexibility index (Phi) is 3.92. The summed E-state index contributed by atoms with van der Waals surface area (Å²) in [7, 11) is 0. The van der Waals surface area contributed by atoms with Crippen LogP contribution in [0.2, 0.25) is 0 Å². The first-order valence-electron chi connectivity index (χ1n) is 8.03. The summed E-state index contributed by atoms with van der Waals surface area (Å²) in [6.07, 6.45) is 2.21. The molecule has 2 aromatic carbocycles. The van der Waals surface area contributed by atoms with Crippen molar-refractivity contribution in [3.8, 4) is 0 Å². The fourth-order valence-corrected chi connectivity index (χ4v) is 3.89. The number of hydrogen-bond acceptors (Lipinski definition) is 2. The van der Waals surface area contributed by atoms with Crippen molar-refractivity contribution in [2.24, 2.45) is 0 Å². The number of amides is 2. The molecule has 24 heavy (non-hydrogen) atoms. The second-order valence-electron chi connectivity index (χ2n) is 6.14. The fourth-order valence-electron chi connectivity index (χ4n) is 3.55. The summed E-state index contributed by atoms with van der Waals surface area (Å²) in [6, 6.07) is 12.6. The van der Waals surface area contributed by atoms with Gasteiger partial charge in [-0.3, -0.25) is 4.90 Å². The highest BCUT2D eigenvalue weighted by molar-refractivity contribution is 9.10. The Morgan fingerprint density at radius 3 is 2.79 bits per heavy atom. The fraction of sp³-hybridized carbons (Fsp3) is 0.278. The highest BCUT2D eigenvalue weighted by Gasteiger charge is 2.36. The van der Waals surface area contributed by atoms with Gasteiger partial charge in [0.25, 0.3) is 0 Å². The minimum absolute atomic E-state index is 0.189. The molecule has 0 aromatic heterocycles. The number of halogens is 2. The van der Waals surface area contributed by atoms with Gasteiger partial charge in [-0.2, -0.15) is 0 Å². The quantitative estimate of drug-likeness (QED) is 0.772. The Morgan fingerprint density at radius 2 is 2.00 bits per heavy atom. The Morgan fingerprint density at radius 1 is 1.21 bits per heavy atom. The van der Waals surface area contributed by atoms with Crippen molar-refractivity contribution in [3.05, 3.63) is 52.8 Å². The van der Waals surface area contributed by atoms with E-state index in [1.54, 1.807) is 17.0 Å². The highest BCUT2D eigenvalue weighted by atomic mass is 79.9. The molecule has 2 aliphatic rings. The van der Waals surface area contributed by atoms with Gasteiger partial charge in [-0.1, -0.05) is 28.1 Å². The Bertz CT molecular complexity index is 798. The standard InChI is InChI=1S/C18H17BrFN3O/c19-12-7-8-15(14(20)10-12)21-18(24)23-11-13-4-3-9-22(13)16-5-1-2-6-17(16)23/h1-2,5-8,10,13H,3-4,9,11H2,(H,21,24). The minimum atomic E-state index is -0.453. The molecule has 0 spiro atoms. The van der Waals surface area contributed by atoms with E-state index in [0.29, 0.717) is 17.1 Å². The summed E-state index contributed by atoms with van der Waals surface area (Å²) in [5, 5.41) is 2.70. The number of urea groups is 1. The van der Waals surface area contributed by atoms with Gasteiger partial charge in [-0.05, 0) is 43.2 Å². The van der Waals surface area contributed by atoms with Crippen molar-refractivity contribution in [3.63, 3.8) is 0 Å². The molecule has 2 amide bonds. The molecule has 0 aliphatic carbocycles. The molecular weight excluding hydrogens is 373 g/mol.